The first-order valence-electron chi connectivity index (χ1n) is 10.6. The van der Waals surface area contributed by atoms with Gasteiger partial charge < -0.3 is 4.74 Å². The predicted octanol–water partition coefficient (Wildman–Crippen LogP) is 7.87. The van der Waals surface area contributed by atoms with E-state index in [0.717, 1.165) is 18.8 Å². The summed E-state index contributed by atoms with van der Waals surface area (Å²) < 4.78 is 64.7. The van der Waals surface area contributed by atoms with Gasteiger partial charge in [-0.15, -0.1) is 0 Å². The molecule has 0 bridgehead atoms. The minimum absolute atomic E-state index is 0.831. The first kappa shape index (κ1) is 28.7. The van der Waals surface area contributed by atoms with Crippen LogP contribution in [0.4, 0.5) is 13.2 Å². The van der Waals surface area contributed by atoms with Crippen LogP contribution in [0.2, 0.25) is 0 Å². The molecule has 0 aliphatic rings. The number of benzene rings is 2. The molecule has 0 fully saturated rings. The monoisotopic (exact) mass is 586 g/mol. The van der Waals surface area contributed by atoms with Crippen LogP contribution in [-0.2, 0) is 10.1 Å². The zero-order chi connectivity index (χ0) is 24.0. The zero-order valence-electron chi connectivity index (χ0n) is 18.1. The number of rotatable bonds is 11. The maximum absolute atomic E-state index is 10.7. The topological polar surface area (TPSA) is 63.6 Å². The van der Waals surface area contributed by atoms with E-state index in [0.29, 0.717) is 0 Å². The molecule has 0 radical (unpaired) electrons. The molecule has 9 heteroatoms. The minimum atomic E-state index is -5.84. The maximum atomic E-state index is 10.7. The molecule has 1 N–H and O–H groups in total. The van der Waals surface area contributed by atoms with E-state index >= 15 is 0 Å². The zero-order valence-corrected chi connectivity index (χ0v) is 21.0. The Morgan fingerprint density at radius 2 is 1.38 bits per heavy atom. The summed E-state index contributed by atoms with van der Waals surface area (Å²) in [6.07, 6.45) is 10.7. The SMILES string of the molecule is CCCCCCCCCCOc1ccc(-c2ccccc2I)cc1.O=S(=O)(O)C(F)(F)F. The van der Waals surface area contributed by atoms with Crippen molar-refractivity contribution in [1.29, 1.82) is 0 Å². The van der Waals surface area contributed by atoms with Crippen molar-refractivity contribution in [1.82, 2.24) is 0 Å². The van der Waals surface area contributed by atoms with Crippen LogP contribution in [-0.4, -0.2) is 25.1 Å². The molecule has 180 valence electrons. The second-order valence-corrected chi connectivity index (χ2v) is 9.82. The van der Waals surface area contributed by atoms with Crippen LogP contribution in [0.15, 0.2) is 48.5 Å². The van der Waals surface area contributed by atoms with Crippen LogP contribution in [0.1, 0.15) is 58.3 Å². The van der Waals surface area contributed by atoms with Gasteiger partial charge in [-0.1, -0.05) is 82.2 Å². The third kappa shape index (κ3) is 11.5. The summed E-state index contributed by atoms with van der Waals surface area (Å²) in [5.41, 5.74) is -3.00. The molecule has 2 rings (SSSR count). The summed E-state index contributed by atoms with van der Waals surface area (Å²) in [6.45, 7) is 3.10. The molecule has 4 nitrogen and oxygen atoms in total. The molecule has 2 aromatic carbocycles. The number of halogens is 4. The standard InChI is InChI=1S/C22H29IO.CHF3O3S/c1-2-3-4-5-6-7-8-11-18-24-20-16-14-19(15-17-20)21-12-9-10-13-22(21)23;2-1(3,4)8(5,6)7/h9-10,12-17H,2-8,11,18H2,1H3;(H,5,6,7). The number of hydrogen-bond acceptors (Lipinski definition) is 3. The Kier molecular flexibility index (Phi) is 13.2. The molecule has 0 saturated carbocycles. The van der Waals surface area contributed by atoms with Crippen molar-refractivity contribution >= 4 is 32.7 Å². The van der Waals surface area contributed by atoms with E-state index < -0.39 is 15.6 Å². The van der Waals surface area contributed by atoms with Gasteiger partial charge in [0.05, 0.1) is 6.61 Å². The Balaban J connectivity index is 0.000000547. The molecule has 0 heterocycles. The smallest absolute Gasteiger partial charge is 0.494 e. The molecule has 0 atom stereocenters. The fourth-order valence-corrected chi connectivity index (χ4v) is 3.55. The van der Waals surface area contributed by atoms with E-state index in [2.05, 4.69) is 78.0 Å². The van der Waals surface area contributed by atoms with Crippen LogP contribution in [0.5, 0.6) is 5.75 Å². The van der Waals surface area contributed by atoms with E-state index in [1.807, 2.05) is 0 Å². The van der Waals surface area contributed by atoms with Crippen molar-refractivity contribution in [3.8, 4) is 16.9 Å². The lowest BCUT2D eigenvalue weighted by atomic mass is 10.1. The second-order valence-electron chi connectivity index (χ2n) is 7.25. The van der Waals surface area contributed by atoms with Gasteiger partial charge in [0.25, 0.3) is 0 Å². The van der Waals surface area contributed by atoms with Crippen molar-refractivity contribution in [3.63, 3.8) is 0 Å². The molecule has 0 amide bonds. The lowest BCUT2D eigenvalue weighted by Crippen LogP contribution is -2.21. The quantitative estimate of drug-likeness (QED) is 0.126. The summed E-state index contributed by atoms with van der Waals surface area (Å²) in [6, 6.07) is 16.9. The summed E-state index contributed by atoms with van der Waals surface area (Å²) in [4.78, 5) is 0. The van der Waals surface area contributed by atoms with Gasteiger partial charge >= 0.3 is 15.6 Å². The molecule has 0 saturated heterocycles. The first-order chi connectivity index (χ1) is 15.1. The maximum Gasteiger partial charge on any atom is 0.522 e. The highest BCUT2D eigenvalue weighted by Gasteiger charge is 2.44. The Morgan fingerprint density at radius 1 is 0.875 bits per heavy atom. The van der Waals surface area contributed by atoms with Crippen molar-refractivity contribution in [3.05, 3.63) is 52.1 Å². The van der Waals surface area contributed by atoms with Crippen molar-refractivity contribution in [2.75, 3.05) is 6.61 Å². The predicted molar refractivity (Wildman–Crippen MR) is 130 cm³/mol. The molecule has 0 spiro atoms. The fourth-order valence-electron chi connectivity index (χ4n) is 2.85. The van der Waals surface area contributed by atoms with Gasteiger partial charge in [-0.05, 0) is 58.3 Å². The molecule has 32 heavy (non-hydrogen) atoms. The largest absolute Gasteiger partial charge is 0.522 e. The third-order valence-electron chi connectivity index (χ3n) is 4.60. The Hall–Kier alpha value is -1.33. The summed E-state index contributed by atoms with van der Waals surface area (Å²) in [5.74, 6) is 0.979. The van der Waals surface area contributed by atoms with E-state index in [1.54, 1.807) is 0 Å². The highest BCUT2D eigenvalue weighted by Crippen LogP contribution is 2.26. The van der Waals surface area contributed by atoms with Crippen LogP contribution in [0.3, 0.4) is 0 Å². The van der Waals surface area contributed by atoms with E-state index in [9.17, 15) is 13.2 Å². The van der Waals surface area contributed by atoms with E-state index in [1.165, 1.54) is 59.6 Å². The Labute approximate surface area is 202 Å². The van der Waals surface area contributed by atoms with Crippen molar-refractivity contribution in [2.24, 2.45) is 0 Å². The molecule has 0 aromatic heterocycles. The van der Waals surface area contributed by atoms with E-state index in [-0.39, 0.29) is 0 Å². The number of alkyl halides is 3. The molecule has 0 unspecified atom stereocenters. The van der Waals surface area contributed by atoms with Crippen LogP contribution in [0, 0.1) is 3.57 Å². The number of unbranched alkanes of at least 4 members (excludes halogenated alkanes) is 7. The van der Waals surface area contributed by atoms with Gasteiger partial charge in [0, 0.05) is 3.57 Å². The van der Waals surface area contributed by atoms with Gasteiger partial charge in [-0.3, -0.25) is 4.55 Å². The number of ether oxygens (including phenoxy) is 1. The molecular formula is C23H30F3IO4S. The average molecular weight is 586 g/mol. The molecule has 0 aliphatic heterocycles. The molecular weight excluding hydrogens is 556 g/mol. The lowest BCUT2D eigenvalue weighted by Gasteiger charge is -2.08. The first-order valence-corrected chi connectivity index (χ1v) is 13.1. The van der Waals surface area contributed by atoms with Crippen LogP contribution in [0.25, 0.3) is 11.1 Å². The lowest BCUT2D eigenvalue weighted by molar-refractivity contribution is -0.0510. The van der Waals surface area contributed by atoms with Crippen LogP contribution < -0.4 is 4.74 Å². The Bertz CT molecular complexity index is 885. The van der Waals surface area contributed by atoms with Crippen molar-refractivity contribution in [2.45, 2.75) is 63.8 Å². The fraction of sp³-hybridized carbons (Fsp3) is 0.478. The van der Waals surface area contributed by atoms with Gasteiger partial charge in [-0.2, -0.15) is 21.6 Å². The van der Waals surface area contributed by atoms with Gasteiger partial charge in [-0.25, -0.2) is 0 Å². The summed E-state index contributed by atoms with van der Waals surface area (Å²) >= 11 is 2.39. The normalized spacial score (nSPS) is 11.6. The summed E-state index contributed by atoms with van der Waals surface area (Å²) in [5, 5.41) is 0. The van der Waals surface area contributed by atoms with Crippen LogP contribution >= 0.6 is 22.6 Å². The van der Waals surface area contributed by atoms with Gasteiger partial charge in [0.15, 0.2) is 0 Å². The Morgan fingerprint density at radius 3 is 1.88 bits per heavy atom. The van der Waals surface area contributed by atoms with E-state index in [4.69, 9.17) is 17.7 Å². The third-order valence-corrected chi connectivity index (χ3v) is 6.12. The summed E-state index contributed by atoms with van der Waals surface area (Å²) in [7, 11) is -5.84. The number of hydrogen-bond donors (Lipinski definition) is 1. The average Bonchev–Trinajstić information content (AvgIpc) is 2.72. The molecule has 2 aromatic rings. The highest BCUT2D eigenvalue weighted by atomic mass is 127. The second kappa shape index (κ2) is 14.7. The highest BCUT2D eigenvalue weighted by molar-refractivity contribution is 14.1. The van der Waals surface area contributed by atoms with Gasteiger partial charge in [0.1, 0.15) is 5.75 Å². The van der Waals surface area contributed by atoms with Gasteiger partial charge in [0.2, 0.25) is 0 Å². The van der Waals surface area contributed by atoms with Crippen molar-refractivity contribution < 1.29 is 30.9 Å². The minimum Gasteiger partial charge on any atom is -0.494 e. The molecule has 0 aliphatic carbocycles.